The van der Waals surface area contributed by atoms with E-state index >= 15 is 0 Å². The fourth-order valence-corrected chi connectivity index (χ4v) is 5.56. The first kappa shape index (κ1) is 27.6. The molecule has 10 heteroatoms. The van der Waals surface area contributed by atoms with Crippen molar-refractivity contribution in [3.8, 4) is 23.7 Å². The standard InChI is InChI=1S/C36H44N6O4/c1-7-8-17-45-34(43)41-22-24(2)18-30(41)32-37-20-28(39-32)15-13-26-9-11-27(12-10-26)14-16-29-21-38-33(40-29)31-19-25(3)23-42(31)35(44)46-36(4,5)6/h9-12,20-21,24-25,30-31H,7-8,17-19,22-23H2,1-6H3,(H,37,39)(H,38,40)/t24-,25-,30-,31-/m0/s1/i9D,10D,11D,12D. The van der Waals surface area contributed by atoms with Crippen molar-refractivity contribution in [3.63, 3.8) is 0 Å². The number of unbranched alkanes of at least 4 members (excludes halogenated alkanes) is 1. The van der Waals surface area contributed by atoms with Crippen LogP contribution < -0.4 is 0 Å². The van der Waals surface area contributed by atoms with Gasteiger partial charge in [-0.1, -0.05) is 39.0 Å². The van der Waals surface area contributed by atoms with Crippen molar-refractivity contribution >= 4 is 12.2 Å². The van der Waals surface area contributed by atoms with E-state index in [1.54, 1.807) is 9.80 Å². The molecule has 0 bridgehead atoms. The predicted molar refractivity (Wildman–Crippen MR) is 175 cm³/mol. The molecule has 2 fully saturated rings. The van der Waals surface area contributed by atoms with E-state index in [-0.39, 0.29) is 65.3 Å². The second-order valence-electron chi connectivity index (χ2n) is 13.1. The van der Waals surface area contributed by atoms with Crippen molar-refractivity contribution in [2.45, 2.75) is 84.9 Å². The number of hydrogen-bond acceptors (Lipinski definition) is 6. The number of imidazole rings is 2. The maximum atomic E-state index is 12.9. The number of ether oxygens (including phenoxy) is 2. The minimum Gasteiger partial charge on any atom is -0.449 e. The fraction of sp³-hybridized carbons (Fsp3) is 0.500. The first-order valence-corrected chi connectivity index (χ1v) is 15.8. The third kappa shape index (κ3) is 8.31. The van der Waals surface area contributed by atoms with Crippen LogP contribution in [0, 0.1) is 35.5 Å². The Morgan fingerprint density at radius 3 is 1.80 bits per heavy atom. The quantitative estimate of drug-likeness (QED) is 0.244. The summed E-state index contributed by atoms with van der Waals surface area (Å²) < 4.78 is 45.3. The van der Waals surface area contributed by atoms with E-state index in [1.807, 2.05) is 27.7 Å². The molecule has 4 heterocycles. The Morgan fingerprint density at radius 2 is 1.35 bits per heavy atom. The Bertz CT molecular complexity index is 1850. The van der Waals surface area contributed by atoms with Gasteiger partial charge in [0.05, 0.1) is 36.6 Å². The lowest BCUT2D eigenvalue weighted by Gasteiger charge is -2.27. The molecule has 2 aromatic heterocycles. The minimum absolute atomic E-state index is 0.0706. The van der Waals surface area contributed by atoms with Crippen LogP contribution in [0.5, 0.6) is 0 Å². The normalized spacial score (nSPS) is 22.1. The van der Waals surface area contributed by atoms with Crippen LogP contribution in [0.15, 0.2) is 36.6 Å². The highest BCUT2D eigenvalue weighted by Crippen LogP contribution is 2.35. The van der Waals surface area contributed by atoms with Gasteiger partial charge in [-0.25, -0.2) is 19.6 Å². The molecule has 2 saturated heterocycles. The Labute approximate surface area is 277 Å². The summed E-state index contributed by atoms with van der Waals surface area (Å²) in [5.74, 6) is 12.9. The van der Waals surface area contributed by atoms with Gasteiger partial charge in [0.25, 0.3) is 0 Å². The minimum atomic E-state index is -0.630. The number of H-pyrrole nitrogens is 2. The molecule has 0 aliphatic carbocycles. The Morgan fingerprint density at radius 1 is 0.870 bits per heavy atom. The summed E-state index contributed by atoms with van der Waals surface area (Å²) in [6, 6.07) is -1.86. The van der Waals surface area contributed by atoms with Gasteiger partial charge in [0.1, 0.15) is 28.6 Å². The second kappa shape index (κ2) is 14.2. The largest absolute Gasteiger partial charge is 0.449 e. The number of nitrogens with zero attached hydrogens (tertiary/aromatic N) is 4. The number of carbonyl (C=O) groups excluding carboxylic acids is 2. The lowest BCUT2D eigenvalue weighted by atomic mass is 10.1. The van der Waals surface area contributed by atoms with E-state index in [2.05, 4.69) is 57.5 Å². The summed E-state index contributed by atoms with van der Waals surface area (Å²) in [5.41, 5.74) is 0.0465. The molecule has 10 nitrogen and oxygen atoms in total. The Hall–Kier alpha value is -4.70. The van der Waals surface area contributed by atoms with Gasteiger partial charge in [0, 0.05) is 24.2 Å². The van der Waals surface area contributed by atoms with E-state index in [1.165, 1.54) is 12.4 Å². The molecule has 242 valence electrons. The zero-order valence-electron chi connectivity index (χ0n) is 31.3. The van der Waals surface area contributed by atoms with Crippen molar-refractivity contribution in [1.82, 2.24) is 29.7 Å². The van der Waals surface area contributed by atoms with Crippen LogP contribution in [0.1, 0.15) is 119 Å². The van der Waals surface area contributed by atoms with Gasteiger partial charge >= 0.3 is 12.2 Å². The van der Waals surface area contributed by atoms with Crippen LogP contribution >= 0.6 is 0 Å². The van der Waals surface area contributed by atoms with Crippen molar-refractivity contribution in [1.29, 1.82) is 0 Å². The molecular formula is C36H44N6O4. The van der Waals surface area contributed by atoms with Crippen LogP contribution in [0.4, 0.5) is 9.59 Å². The SMILES string of the molecule is [2H]c1c([2H])c(C#Cc2cnc([C@@H]3C[C@H](C)CN3C(=O)OC(C)(C)C)[nH]2)c([2H])c([2H])c1C#Cc1cnc([C@@H]2C[C@H](C)CN2C(=O)OCCCC)[nH]1. The van der Waals surface area contributed by atoms with Gasteiger partial charge in [0.2, 0.25) is 0 Å². The molecule has 2 N–H and O–H groups in total. The Kier molecular flexibility index (Phi) is 8.50. The molecule has 3 aromatic rings. The Balaban J connectivity index is 1.33. The number of aromatic amines is 2. The molecule has 1 aromatic carbocycles. The lowest BCUT2D eigenvalue weighted by molar-refractivity contribution is 0.0214. The van der Waals surface area contributed by atoms with Gasteiger partial charge < -0.3 is 19.4 Å². The monoisotopic (exact) mass is 628 g/mol. The van der Waals surface area contributed by atoms with Crippen molar-refractivity contribution < 1.29 is 24.5 Å². The number of carbonyl (C=O) groups is 2. The van der Waals surface area contributed by atoms with Gasteiger partial charge in [-0.05, 0) is 87.9 Å². The third-order valence-corrected chi connectivity index (χ3v) is 7.70. The van der Waals surface area contributed by atoms with Gasteiger partial charge in [-0.2, -0.15) is 0 Å². The molecule has 2 aliphatic heterocycles. The van der Waals surface area contributed by atoms with Crippen LogP contribution in [0.2, 0.25) is 0 Å². The molecule has 4 atom stereocenters. The molecule has 46 heavy (non-hydrogen) atoms. The maximum absolute atomic E-state index is 12.9. The highest BCUT2D eigenvalue weighted by atomic mass is 16.6. The maximum Gasteiger partial charge on any atom is 0.410 e. The zero-order valence-corrected chi connectivity index (χ0v) is 27.3. The second-order valence-corrected chi connectivity index (χ2v) is 13.1. The summed E-state index contributed by atoms with van der Waals surface area (Å²) in [6.45, 7) is 13.1. The zero-order chi connectivity index (χ0) is 36.3. The molecule has 0 spiro atoms. The molecular weight excluding hydrogens is 580 g/mol. The number of benzene rings is 1. The summed E-state index contributed by atoms with van der Waals surface area (Å²) >= 11 is 0. The highest BCUT2D eigenvalue weighted by molar-refractivity contribution is 5.69. The molecule has 0 saturated carbocycles. The molecule has 5 rings (SSSR count). The van der Waals surface area contributed by atoms with Gasteiger partial charge in [0.15, 0.2) is 0 Å². The number of rotatable bonds is 5. The number of amides is 2. The third-order valence-electron chi connectivity index (χ3n) is 7.70. The summed E-state index contributed by atoms with van der Waals surface area (Å²) in [6.07, 6.45) is 5.41. The van der Waals surface area contributed by atoms with Crippen LogP contribution in [-0.2, 0) is 9.47 Å². The van der Waals surface area contributed by atoms with E-state index in [4.69, 9.17) is 15.0 Å². The van der Waals surface area contributed by atoms with Crippen molar-refractivity contribution in [3.05, 3.63) is 70.7 Å². The summed E-state index contributed by atoms with van der Waals surface area (Å²) in [5, 5.41) is 0. The van der Waals surface area contributed by atoms with Crippen LogP contribution in [-0.4, -0.2) is 67.2 Å². The molecule has 2 aliphatic rings. The topological polar surface area (TPSA) is 116 Å². The first-order valence-electron chi connectivity index (χ1n) is 17.8. The summed E-state index contributed by atoms with van der Waals surface area (Å²) in [4.78, 5) is 44.1. The van der Waals surface area contributed by atoms with Gasteiger partial charge in [-0.3, -0.25) is 9.80 Å². The van der Waals surface area contributed by atoms with E-state index in [0.29, 0.717) is 55.6 Å². The molecule has 2 amide bonds. The van der Waals surface area contributed by atoms with E-state index < -0.39 is 11.7 Å². The average Bonchev–Trinajstić information content (AvgIpc) is 3.86. The van der Waals surface area contributed by atoms with E-state index in [9.17, 15) is 9.59 Å². The molecule has 0 unspecified atom stereocenters. The van der Waals surface area contributed by atoms with E-state index in [0.717, 1.165) is 12.8 Å². The smallest absolute Gasteiger partial charge is 0.410 e. The number of hydrogen-bond donors (Lipinski definition) is 2. The number of likely N-dealkylation sites (tertiary alicyclic amines) is 2. The number of aromatic nitrogens is 4. The highest BCUT2D eigenvalue weighted by Gasteiger charge is 2.38. The molecule has 0 radical (unpaired) electrons. The predicted octanol–water partition coefficient (Wildman–Crippen LogP) is 6.57. The number of nitrogens with one attached hydrogen (secondary N) is 2. The fourth-order valence-electron chi connectivity index (χ4n) is 5.56. The first-order chi connectivity index (χ1) is 23.7. The lowest BCUT2D eigenvalue weighted by Crippen LogP contribution is -2.37. The van der Waals surface area contributed by atoms with Crippen molar-refractivity contribution in [2.24, 2.45) is 11.8 Å². The average molecular weight is 629 g/mol. The van der Waals surface area contributed by atoms with Crippen LogP contribution in [0.3, 0.4) is 0 Å². The van der Waals surface area contributed by atoms with Crippen LogP contribution in [0.25, 0.3) is 0 Å². The summed E-state index contributed by atoms with van der Waals surface area (Å²) in [7, 11) is 0. The van der Waals surface area contributed by atoms with Crippen molar-refractivity contribution in [2.75, 3.05) is 19.7 Å². The van der Waals surface area contributed by atoms with Gasteiger partial charge in [-0.15, -0.1) is 0 Å².